The van der Waals surface area contributed by atoms with Crippen LogP contribution in [0.2, 0.25) is 0 Å². The molecule has 2 N–H and O–H groups in total. The van der Waals surface area contributed by atoms with Crippen LogP contribution in [0.1, 0.15) is 26.3 Å². The molecule has 0 heterocycles. The topological polar surface area (TPSA) is 64.1 Å². The van der Waals surface area contributed by atoms with Crippen LogP contribution < -0.4 is 20.1 Å². The van der Waals surface area contributed by atoms with Crippen molar-refractivity contribution in [2.24, 2.45) is 4.99 Å². The highest BCUT2D eigenvalue weighted by Gasteiger charge is 2.06. The van der Waals surface area contributed by atoms with Gasteiger partial charge in [-0.1, -0.05) is 6.07 Å². The Hall–Kier alpha value is -1.22. The summed E-state index contributed by atoms with van der Waals surface area (Å²) in [5.41, 5.74) is 1.20. The normalized spacial score (nSPS) is 10.8. The molecule has 144 valence electrons. The second kappa shape index (κ2) is 15.1. The second-order valence-electron chi connectivity index (χ2n) is 5.08. The van der Waals surface area contributed by atoms with Gasteiger partial charge in [-0.3, -0.25) is 4.99 Å². The summed E-state index contributed by atoms with van der Waals surface area (Å²) in [4.78, 5) is 4.44. The first-order valence-corrected chi connectivity index (χ1v) is 8.64. The SMILES string of the molecule is CCNC(=NCCOC)NCCc1ccc(OCC)c(OCC)c1.I. The third-order valence-corrected chi connectivity index (χ3v) is 3.22. The lowest BCUT2D eigenvalue weighted by molar-refractivity contribution is 0.208. The zero-order valence-electron chi connectivity index (χ0n) is 15.8. The van der Waals surface area contributed by atoms with Crippen LogP contribution in [0.4, 0.5) is 0 Å². The van der Waals surface area contributed by atoms with E-state index in [1.54, 1.807) is 7.11 Å². The van der Waals surface area contributed by atoms with Crippen molar-refractivity contribution in [3.63, 3.8) is 0 Å². The summed E-state index contributed by atoms with van der Waals surface area (Å²) in [6.07, 6.45) is 0.876. The second-order valence-corrected chi connectivity index (χ2v) is 5.08. The number of methoxy groups -OCH3 is 1. The zero-order chi connectivity index (χ0) is 17.6. The number of hydrogen-bond acceptors (Lipinski definition) is 4. The van der Waals surface area contributed by atoms with Crippen molar-refractivity contribution in [1.82, 2.24) is 10.6 Å². The highest BCUT2D eigenvalue weighted by molar-refractivity contribution is 14.0. The lowest BCUT2D eigenvalue weighted by Gasteiger charge is -2.14. The molecule has 0 atom stereocenters. The average molecular weight is 465 g/mol. The molecule has 0 fully saturated rings. The summed E-state index contributed by atoms with van der Waals surface area (Å²) < 4.78 is 16.3. The summed E-state index contributed by atoms with van der Waals surface area (Å²) in [7, 11) is 1.68. The highest BCUT2D eigenvalue weighted by Crippen LogP contribution is 2.28. The van der Waals surface area contributed by atoms with E-state index >= 15 is 0 Å². The Morgan fingerprint density at radius 3 is 2.40 bits per heavy atom. The van der Waals surface area contributed by atoms with Crippen molar-refractivity contribution in [2.45, 2.75) is 27.2 Å². The fraction of sp³-hybridized carbons (Fsp3) is 0.611. The number of nitrogens with zero attached hydrogens (tertiary/aromatic N) is 1. The van der Waals surface area contributed by atoms with Crippen molar-refractivity contribution < 1.29 is 14.2 Å². The number of guanidine groups is 1. The maximum Gasteiger partial charge on any atom is 0.191 e. The van der Waals surface area contributed by atoms with Gasteiger partial charge in [0.25, 0.3) is 0 Å². The fourth-order valence-corrected chi connectivity index (χ4v) is 2.17. The largest absolute Gasteiger partial charge is 0.490 e. The third kappa shape index (κ3) is 9.74. The Kier molecular flexibility index (Phi) is 14.3. The molecule has 0 aromatic heterocycles. The molecule has 1 rings (SSSR count). The summed E-state index contributed by atoms with van der Waals surface area (Å²) in [6, 6.07) is 6.09. The molecule has 1 aromatic rings. The number of aliphatic imine (C=N–C) groups is 1. The molecular weight excluding hydrogens is 433 g/mol. The summed E-state index contributed by atoms with van der Waals surface area (Å²) in [6.45, 7) is 10.1. The van der Waals surface area contributed by atoms with E-state index < -0.39 is 0 Å². The van der Waals surface area contributed by atoms with Crippen molar-refractivity contribution in [3.05, 3.63) is 23.8 Å². The van der Waals surface area contributed by atoms with Gasteiger partial charge < -0.3 is 24.8 Å². The number of benzene rings is 1. The van der Waals surface area contributed by atoms with E-state index in [-0.39, 0.29) is 24.0 Å². The van der Waals surface area contributed by atoms with E-state index in [1.165, 1.54) is 5.56 Å². The molecule has 0 amide bonds. The Labute approximate surface area is 168 Å². The van der Waals surface area contributed by atoms with E-state index in [0.29, 0.717) is 26.4 Å². The van der Waals surface area contributed by atoms with Gasteiger partial charge in [0.05, 0.1) is 26.4 Å². The fourth-order valence-electron chi connectivity index (χ4n) is 2.17. The Bertz CT molecular complexity index is 498. The quantitative estimate of drug-likeness (QED) is 0.228. The van der Waals surface area contributed by atoms with Crippen LogP contribution in [0.5, 0.6) is 11.5 Å². The van der Waals surface area contributed by atoms with Crippen LogP contribution in [0.25, 0.3) is 0 Å². The molecule has 0 aliphatic heterocycles. The molecule has 25 heavy (non-hydrogen) atoms. The molecular formula is C18H32IN3O3. The minimum atomic E-state index is 0. The molecule has 0 radical (unpaired) electrons. The summed E-state index contributed by atoms with van der Waals surface area (Å²) in [5.74, 6) is 2.41. The number of halogens is 1. The van der Waals surface area contributed by atoms with Crippen molar-refractivity contribution in [2.75, 3.05) is 46.6 Å². The first kappa shape index (κ1) is 23.8. The smallest absolute Gasteiger partial charge is 0.191 e. The zero-order valence-corrected chi connectivity index (χ0v) is 18.1. The van der Waals surface area contributed by atoms with Crippen LogP contribution in [-0.2, 0) is 11.2 Å². The molecule has 0 bridgehead atoms. The molecule has 0 spiro atoms. The third-order valence-electron chi connectivity index (χ3n) is 3.22. The lowest BCUT2D eigenvalue weighted by Crippen LogP contribution is -2.38. The molecule has 0 saturated carbocycles. The van der Waals surface area contributed by atoms with E-state index in [1.807, 2.05) is 32.9 Å². The molecule has 0 aliphatic rings. The summed E-state index contributed by atoms with van der Waals surface area (Å²) in [5, 5.41) is 6.55. The Morgan fingerprint density at radius 1 is 1.04 bits per heavy atom. The highest BCUT2D eigenvalue weighted by atomic mass is 127. The monoisotopic (exact) mass is 465 g/mol. The number of nitrogens with one attached hydrogen (secondary N) is 2. The van der Waals surface area contributed by atoms with Crippen LogP contribution in [0.15, 0.2) is 23.2 Å². The first-order chi connectivity index (χ1) is 11.7. The maximum atomic E-state index is 5.67. The van der Waals surface area contributed by atoms with Crippen molar-refractivity contribution >= 4 is 29.9 Å². The van der Waals surface area contributed by atoms with Crippen LogP contribution in [-0.4, -0.2) is 52.5 Å². The van der Waals surface area contributed by atoms with Crippen LogP contribution >= 0.6 is 24.0 Å². The Balaban J connectivity index is 0.00000576. The van der Waals surface area contributed by atoms with Gasteiger partial charge in [-0.25, -0.2) is 0 Å². The van der Waals surface area contributed by atoms with E-state index in [0.717, 1.165) is 37.0 Å². The summed E-state index contributed by atoms with van der Waals surface area (Å²) >= 11 is 0. The predicted molar refractivity (Wildman–Crippen MR) is 114 cm³/mol. The predicted octanol–water partition coefficient (Wildman–Crippen LogP) is 2.85. The van der Waals surface area contributed by atoms with Crippen LogP contribution in [0, 0.1) is 0 Å². The van der Waals surface area contributed by atoms with Gasteiger partial charge in [0, 0.05) is 20.2 Å². The molecule has 0 saturated heterocycles. The average Bonchev–Trinajstić information content (AvgIpc) is 2.58. The number of rotatable bonds is 11. The van der Waals surface area contributed by atoms with Gasteiger partial charge in [0.15, 0.2) is 17.5 Å². The van der Waals surface area contributed by atoms with Crippen LogP contribution in [0.3, 0.4) is 0 Å². The van der Waals surface area contributed by atoms with E-state index in [9.17, 15) is 0 Å². The Morgan fingerprint density at radius 2 is 1.76 bits per heavy atom. The minimum Gasteiger partial charge on any atom is -0.490 e. The minimum absolute atomic E-state index is 0. The molecule has 6 nitrogen and oxygen atoms in total. The van der Waals surface area contributed by atoms with Gasteiger partial charge in [-0.15, -0.1) is 24.0 Å². The van der Waals surface area contributed by atoms with Crippen molar-refractivity contribution in [3.8, 4) is 11.5 Å². The van der Waals surface area contributed by atoms with Gasteiger partial charge >= 0.3 is 0 Å². The van der Waals surface area contributed by atoms with Gasteiger partial charge in [0.1, 0.15) is 0 Å². The van der Waals surface area contributed by atoms with E-state index in [4.69, 9.17) is 14.2 Å². The van der Waals surface area contributed by atoms with Gasteiger partial charge in [-0.2, -0.15) is 0 Å². The molecule has 7 heteroatoms. The standard InChI is InChI=1S/C18H31N3O3.HI/c1-5-19-18(21-12-13-22-4)20-11-10-15-8-9-16(23-6-2)17(14-15)24-7-3;/h8-9,14H,5-7,10-13H2,1-4H3,(H2,19,20,21);1H. The molecule has 0 aliphatic carbocycles. The lowest BCUT2D eigenvalue weighted by atomic mass is 10.1. The molecule has 1 aromatic carbocycles. The first-order valence-electron chi connectivity index (χ1n) is 8.64. The maximum absolute atomic E-state index is 5.67. The number of ether oxygens (including phenoxy) is 3. The number of hydrogen-bond donors (Lipinski definition) is 2. The van der Waals surface area contributed by atoms with E-state index in [2.05, 4.69) is 21.7 Å². The van der Waals surface area contributed by atoms with Gasteiger partial charge in [-0.05, 0) is 44.9 Å². The van der Waals surface area contributed by atoms with Crippen molar-refractivity contribution in [1.29, 1.82) is 0 Å². The van der Waals surface area contributed by atoms with Gasteiger partial charge in [0.2, 0.25) is 0 Å². The molecule has 0 unspecified atom stereocenters.